The Morgan fingerprint density at radius 1 is 1.13 bits per heavy atom. The highest BCUT2D eigenvalue weighted by Crippen LogP contribution is 2.30. The average molecular weight is 368 g/mol. The molecule has 0 saturated heterocycles. The molecule has 0 saturated carbocycles. The fourth-order valence-corrected chi connectivity index (χ4v) is 4.18. The summed E-state index contributed by atoms with van der Waals surface area (Å²) in [5.41, 5.74) is 0. The molecule has 5 heteroatoms. The van der Waals surface area contributed by atoms with Gasteiger partial charge in [0.1, 0.15) is 0 Å². The molecule has 1 atom stereocenters. The Balaban J connectivity index is 2.06. The summed E-state index contributed by atoms with van der Waals surface area (Å²) in [6.45, 7) is 0. The van der Waals surface area contributed by atoms with Gasteiger partial charge in [-0.1, -0.05) is 0 Å². The Morgan fingerprint density at radius 3 is 2.33 bits per heavy atom. The predicted molar refractivity (Wildman–Crippen MR) is 72.7 cm³/mol. The standard InChI is InChI=1S/C10H8Br2OS2/c11-6-1-8(14-4-6)3-9(13)10-2-7(12)5-15-10/h1-2,4-5,9,13H,3H2. The van der Waals surface area contributed by atoms with E-state index >= 15 is 0 Å². The fourth-order valence-electron chi connectivity index (χ4n) is 1.26. The molecule has 0 amide bonds. The Labute approximate surface area is 113 Å². The first-order valence-electron chi connectivity index (χ1n) is 4.30. The molecule has 0 radical (unpaired) electrons. The van der Waals surface area contributed by atoms with E-state index in [0.717, 1.165) is 13.8 Å². The van der Waals surface area contributed by atoms with Gasteiger partial charge < -0.3 is 5.11 Å². The van der Waals surface area contributed by atoms with Gasteiger partial charge in [-0.05, 0) is 44.0 Å². The summed E-state index contributed by atoms with van der Waals surface area (Å²) in [6.07, 6.45) is 0.287. The molecular formula is C10H8Br2OS2. The lowest BCUT2D eigenvalue weighted by atomic mass is 10.2. The number of aliphatic hydroxyl groups is 1. The van der Waals surface area contributed by atoms with Crippen LogP contribution in [0.5, 0.6) is 0 Å². The summed E-state index contributed by atoms with van der Waals surface area (Å²) >= 11 is 10.0. The number of hydrogen-bond acceptors (Lipinski definition) is 3. The molecule has 0 bridgehead atoms. The summed E-state index contributed by atoms with van der Waals surface area (Å²) in [5, 5.41) is 14.0. The quantitative estimate of drug-likeness (QED) is 0.839. The van der Waals surface area contributed by atoms with Crippen LogP contribution in [0.4, 0.5) is 0 Å². The van der Waals surface area contributed by atoms with Gasteiger partial charge in [-0.3, -0.25) is 0 Å². The second-order valence-corrected chi connectivity index (χ2v) is 6.89. The summed E-state index contributed by atoms with van der Waals surface area (Å²) in [4.78, 5) is 2.20. The molecule has 0 aliphatic heterocycles. The highest BCUT2D eigenvalue weighted by molar-refractivity contribution is 9.10. The lowest BCUT2D eigenvalue weighted by molar-refractivity contribution is 0.183. The topological polar surface area (TPSA) is 20.2 Å². The molecule has 2 heterocycles. The molecule has 0 aliphatic carbocycles. The van der Waals surface area contributed by atoms with Crippen molar-refractivity contribution < 1.29 is 5.11 Å². The molecule has 2 rings (SSSR count). The minimum atomic E-state index is -0.396. The zero-order chi connectivity index (χ0) is 10.8. The van der Waals surface area contributed by atoms with Crippen molar-refractivity contribution in [1.29, 1.82) is 0 Å². The lowest BCUT2D eigenvalue weighted by Crippen LogP contribution is -1.97. The largest absolute Gasteiger partial charge is 0.387 e. The Bertz CT molecular complexity index is 450. The van der Waals surface area contributed by atoms with Crippen molar-refractivity contribution in [2.75, 3.05) is 0 Å². The van der Waals surface area contributed by atoms with Gasteiger partial charge in [0, 0.05) is 35.9 Å². The van der Waals surface area contributed by atoms with Crippen molar-refractivity contribution in [1.82, 2.24) is 0 Å². The highest BCUT2D eigenvalue weighted by Gasteiger charge is 2.11. The molecule has 0 aliphatic rings. The second-order valence-electron chi connectivity index (χ2n) is 3.12. The van der Waals surface area contributed by atoms with Gasteiger partial charge in [0.15, 0.2) is 0 Å². The number of hydrogen-bond donors (Lipinski definition) is 1. The Morgan fingerprint density at radius 2 is 1.80 bits per heavy atom. The third-order valence-corrected chi connectivity index (χ3v) is 5.45. The summed E-state index contributed by atoms with van der Waals surface area (Å²) in [7, 11) is 0. The first kappa shape index (κ1) is 11.8. The highest BCUT2D eigenvalue weighted by atomic mass is 79.9. The van der Waals surface area contributed by atoms with E-state index < -0.39 is 6.10 Å². The van der Waals surface area contributed by atoms with Crippen LogP contribution >= 0.6 is 54.5 Å². The molecule has 1 nitrogen and oxygen atoms in total. The number of halogens is 2. The van der Waals surface area contributed by atoms with Crippen LogP contribution in [0.2, 0.25) is 0 Å². The Hall–Kier alpha value is 0.320. The van der Waals surface area contributed by atoms with Crippen LogP contribution in [0.15, 0.2) is 31.8 Å². The average Bonchev–Trinajstić information content (AvgIpc) is 2.75. The molecule has 2 aromatic rings. The van der Waals surface area contributed by atoms with Crippen molar-refractivity contribution in [3.63, 3.8) is 0 Å². The Kier molecular flexibility index (Phi) is 4.01. The zero-order valence-electron chi connectivity index (χ0n) is 7.61. The maximum atomic E-state index is 9.98. The van der Waals surface area contributed by atoms with Gasteiger partial charge in [0.05, 0.1) is 6.10 Å². The molecule has 80 valence electrons. The van der Waals surface area contributed by atoms with Gasteiger partial charge in [0.2, 0.25) is 0 Å². The molecule has 2 aromatic heterocycles. The minimum absolute atomic E-state index is 0.396. The van der Waals surface area contributed by atoms with Crippen LogP contribution in [0.1, 0.15) is 15.9 Å². The van der Waals surface area contributed by atoms with E-state index in [4.69, 9.17) is 0 Å². The van der Waals surface area contributed by atoms with Crippen molar-refractivity contribution in [2.24, 2.45) is 0 Å². The van der Waals surface area contributed by atoms with Crippen LogP contribution in [0.25, 0.3) is 0 Å². The minimum Gasteiger partial charge on any atom is -0.387 e. The fraction of sp³-hybridized carbons (Fsp3) is 0.200. The SMILES string of the molecule is OC(Cc1cc(Br)cs1)c1cc(Br)cs1. The van der Waals surface area contributed by atoms with E-state index in [0.29, 0.717) is 6.42 Å². The van der Waals surface area contributed by atoms with Crippen molar-refractivity contribution >= 4 is 54.5 Å². The first-order valence-corrected chi connectivity index (χ1v) is 7.64. The van der Waals surface area contributed by atoms with Crippen molar-refractivity contribution in [3.05, 3.63) is 41.6 Å². The molecular weight excluding hydrogens is 360 g/mol. The molecule has 0 spiro atoms. The molecule has 0 aromatic carbocycles. The smallest absolute Gasteiger partial charge is 0.0930 e. The van der Waals surface area contributed by atoms with E-state index in [2.05, 4.69) is 37.9 Å². The monoisotopic (exact) mass is 366 g/mol. The van der Waals surface area contributed by atoms with Gasteiger partial charge in [-0.25, -0.2) is 0 Å². The summed E-state index contributed by atoms with van der Waals surface area (Å²) < 4.78 is 2.12. The third kappa shape index (κ3) is 3.14. The predicted octanol–water partition coefficient (Wildman–Crippen LogP) is 4.61. The lowest BCUT2D eigenvalue weighted by Gasteiger charge is -2.05. The molecule has 0 fully saturated rings. The molecule has 1 N–H and O–H groups in total. The van der Waals surface area contributed by atoms with Crippen LogP contribution in [-0.2, 0) is 6.42 Å². The number of aliphatic hydroxyl groups excluding tert-OH is 1. The first-order chi connectivity index (χ1) is 7.15. The maximum absolute atomic E-state index is 9.98. The van der Waals surface area contributed by atoms with Crippen molar-refractivity contribution in [3.8, 4) is 0 Å². The van der Waals surface area contributed by atoms with Crippen molar-refractivity contribution in [2.45, 2.75) is 12.5 Å². The van der Waals surface area contributed by atoms with Crippen LogP contribution in [-0.4, -0.2) is 5.11 Å². The van der Waals surface area contributed by atoms with Crippen LogP contribution < -0.4 is 0 Å². The maximum Gasteiger partial charge on any atom is 0.0930 e. The summed E-state index contributed by atoms with van der Waals surface area (Å²) in [6, 6.07) is 4.02. The van der Waals surface area contributed by atoms with Gasteiger partial charge in [0.25, 0.3) is 0 Å². The molecule has 15 heavy (non-hydrogen) atoms. The van der Waals surface area contributed by atoms with E-state index in [1.807, 2.05) is 16.8 Å². The zero-order valence-corrected chi connectivity index (χ0v) is 12.4. The summed E-state index contributed by atoms with van der Waals surface area (Å²) in [5.74, 6) is 0. The normalized spacial score (nSPS) is 13.0. The van der Waals surface area contributed by atoms with Crippen LogP contribution in [0.3, 0.4) is 0 Å². The van der Waals surface area contributed by atoms with E-state index in [9.17, 15) is 5.11 Å². The number of rotatable bonds is 3. The van der Waals surface area contributed by atoms with Gasteiger partial charge >= 0.3 is 0 Å². The van der Waals surface area contributed by atoms with E-state index in [1.165, 1.54) is 4.88 Å². The third-order valence-electron chi connectivity index (χ3n) is 1.93. The van der Waals surface area contributed by atoms with E-state index in [1.54, 1.807) is 22.7 Å². The second kappa shape index (κ2) is 5.10. The van der Waals surface area contributed by atoms with Gasteiger partial charge in [-0.15, -0.1) is 22.7 Å². The van der Waals surface area contributed by atoms with Gasteiger partial charge in [-0.2, -0.15) is 0 Å². The van der Waals surface area contributed by atoms with Crippen LogP contribution in [0, 0.1) is 0 Å². The van der Waals surface area contributed by atoms with E-state index in [-0.39, 0.29) is 0 Å². The number of thiophene rings is 2. The molecule has 1 unspecified atom stereocenters.